The van der Waals surface area contributed by atoms with Crippen molar-refractivity contribution in [1.82, 2.24) is 14.8 Å². The highest BCUT2D eigenvalue weighted by atomic mass is 35.5. The molecule has 0 aliphatic heterocycles. The first-order valence-corrected chi connectivity index (χ1v) is 6.25. The molecule has 2 rings (SSSR count). The summed E-state index contributed by atoms with van der Waals surface area (Å²) in [6.45, 7) is 0.879. The third kappa shape index (κ3) is 3.12. The minimum Gasteiger partial charge on any atom is -0.383 e. The van der Waals surface area contributed by atoms with E-state index in [1.807, 2.05) is 0 Å². The van der Waals surface area contributed by atoms with Crippen LogP contribution in [0, 0.1) is 0 Å². The van der Waals surface area contributed by atoms with Crippen molar-refractivity contribution in [3.63, 3.8) is 0 Å². The average molecular weight is 300 g/mol. The number of carbonyl (C=O) groups excluding carboxylic acids is 1. The SMILES string of the molecule is COCCn1ncc(Cl)c1C(=O)c1ccc(Cl)cn1. The third-order valence-corrected chi connectivity index (χ3v) is 2.98. The van der Waals surface area contributed by atoms with Crippen LogP contribution in [0.2, 0.25) is 10.0 Å². The van der Waals surface area contributed by atoms with Gasteiger partial charge >= 0.3 is 0 Å². The fraction of sp³-hybridized carbons (Fsp3) is 0.250. The van der Waals surface area contributed by atoms with E-state index in [4.69, 9.17) is 27.9 Å². The topological polar surface area (TPSA) is 57.0 Å². The minimum absolute atomic E-state index is 0.269. The van der Waals surface area contributed by atoms with Crippen molar-refractivity contribution in [3.8, 4) is 0 Å². The summed E-state index contributed by atoms with van der Waals surface area (Å²) in [5.41, 5.74) is 0.569. The molecule has 2 heterocycles. The molecule has 2 aromatic heterocycles. The Morgan fingerprint density at radius 1 is 1.37 bits per heavy atom. The van der Waals surface area contributed by atoms with Gasteiger partial charge in [-0.25, -0.2) is 0 Å². The van der Waals surface area contributed by atoms with Crippen molar-refractivity contribution in [2.24, 2.45) is 0 Å². The Kier molecular flexibility index (Phi) is 4.52. The lowest BCUT2D eigenvalue weighted by Gasteiger charge is -2.06. The molecular formula is C12H11Cl2N3O2. The predicted molar refractivity (Wildman–Crippen MR) is 71.8 cm³/mol. The fourth-order valence-corrected chi connectivity index (χ4v) is 1.91. The Labute approximate surface area is 120 Å². The number of nitrogens with zero attached hydrogens (tertiary/aromatic N) is 3. The van der Waals surface area contributed by atoms with Gasteiger partial charge in [0.2, 0.25) is 5.78 Å². The zero-order chi connectivity index (χ0) is 13.8. The molecule has 0 fully saturated rings. The van der Waals surface area contributed by atoms with Crippen LogP contribution >= 0.6 is 23.2 Å². The van der Waals surface area contributed by atoms with Gasteiger partial charge in [-0.05, 0) is 12.1 Å². The highest BCUT2D eigenvalue weighted by molar-refractivity contribution is 6.34. The molecule has 0 aromatic carbocycles. The Bertz CT molecular complexity index is 581. The van der Waals surface area contributed by atoms with E-state index in [1.54, 1.807) is 19.2 Å². The molecule has 0 bridgehead atoms. The smallest absolute Gasteiger partial charge is 0.230 e. The molecule has 0 radical (unpaired) electrons. The first-order valence-electron chi connectivity index (χ1n) is 5.50. The minimum atomic E-state index is -0.296. The molecule has 0 N–H and O–H groups in total. The molecular weight excluding hydrogens is 289 g/mol. The monoisotopic (exact) mass is 299 g/mol. The lowest BCUT2D eigenvalue weighted by atomic mass is 10.2. The van der Waals surface area contributed by atoms with E-state index in [1.165, 1.54) is 17.1 Å². The summed E-state index contributed by atoms with van der Waals surface area (Å²) in [5, 5.41) is 4.81. The molecule has 0 atom stereocenters. The molecule has 0 saturated heterocycles. The molecule has 100 valence electrons. The van der Waals surface area contributed by atoms with Gasteiger partial charge in [-0.3, -0.25) is 14.5 Å². The Hall–Kier alpha value is -1.43. The van der Waals surface area contributed by atoms with Crippen molar-refractivity contribution >= 4 is 29.0 Å². The van der Waals surface area contributed by atoms with Crippen LogP contribution in [0.1, 0.15) is 16.2 Å². The quantitative estimate of drug-likeness (QED) is 0.796. The number of carbonyl (C=O) groups is 1. The van der Waals surface area contributed by atoms with Crippen molar-refractivity contribution < 1.29 is 9.53 Å². The van der Waals surface area contributed by atoms with Gasteiger partial charge in [0.15, 0.2) is 0 Å². The number of aromatic nitrogens is 3. The average Bonchev–Trinajstić information content (AvgIpc) is 2.77. The van der Waals surface area contributed by atoms with E-state index in [-0.39, 0.29) is 16.5 Å². The van der Waals surface area contributed by atoms with Crippen LogP contribution in [0.25, 0.3) is 0 Å². The Morgan fingerprint density at radius 2 is 2.16 bits per heavy atom. The summed E-state index contributed by atoms with van der Waals surface area (Å²) >= 11 is 11.7. The number of ketones is 1. The summed E-state index contributed by atoms with van der Waals surface area (Å²) in [6.07, 6.45) is 2.85. The molecule has 19 heavy (non-hydrogen) atoms. The van der Waals surface area contributed by atoms with Gasteiger partial charge in [-0.1, -0.05) is 23.2 Å². The van der Waals surface area contributed by atoms with Crippen molar-refractivity contribution in [2.75, 3.05) is 13.7 Å². The zero-order valence-corrected chi connectivity index (χ0v) is 11.6. The summed E-state index contributed by atoms with van der Waals surface area (Å²) in [7, 11) is 1.58. The van der Waals surface area contributed by atoms with E-state index in [0.717, 1.165) is 0 Å². The maximum Gasteiger partial charge on any atom is 0.230 e. The molecule has 7 heteroatoms. The van der Waals surface area contributed by atoms with E-state index >= 15 is 0 Å². The highest BCUT2D eigenvalue weighted by Gasteiger charge is 2.20. The standard InChI is InChI=1S/C12H11Cl2N3O2/c1-19-5-4-17-11(9(14)7-16-17)12(18)10-3-2-8(13)6-15-10/h2-3,6-7H,4-5H2,1H3. The van der Waals surface area contributed by atoms with Crippen LogP contribution in [0.5, 0.6) is 0 Å². The van der Waals surface area contributed by atoms with Gasteiger partial charge in [0, 0.05) is 13.3 Å². The fourth-order valence-electron chi connectivity index (χ4n) is 1.57. The number of rotatable bonds is 5. The van der Waals surface area contributed by atoms with Gasteiger partial charge in [0.05, 0.1) is 29.4 Å². The second kappa shape index (κ2) is 6.14. The van der Waals surface area contributed by atoms with Gasteiger partial charge in [-0.2, -0.15) is 5.10 Å². The van der Waals surface area contributed by atoms with E-state index in [2.05, 4.69) is 10.1 Å². The lowest BCUT2D eigenvalue weighted by molar-refractivity contribution is 0.102. The van der Waals surface area contributed by atoms with Crippen LogP contribution in [0.15, 0.2) is 24.5 Å². The number of methoxy groups -OCH3 is 1. The molecule has 0 amide bonds. The summed E-state index contributed by atoms with van der Waals surface area (Å²) < 4.78 is 6.47. The van der Waals surface area contributed by atoms with Crippen molar-refractivity contribution in [3.05, 3.63) is 46.0 Å². The number of ether oxygens (including phenoxy) is 1. The first-order chi connectivity index (χ1) is 9.13. The van der Waals surface area contributed by atoms with E-state index < -0.39 is 0 Å². The van der Waals surface area contributed by atoms with E-state index in [9.17, 15) is 4.79 Å². The van der Waals surface area contributed by atoms with Crippen LogP contribution in [0.4, 0.5) is 0 Å². The number of hydrogen-bond donors (Lipinski definition) is 0. The van der Waals surface area contributed by atoms with Crippen LogP contribution in [0.3, 0.4) is 0 Å². The van der Waals surface area contributed by atoms with Gasteiger partial charge in [0.1, 0.15) is 11.4 Å². The molecule has 0 aliphatic rings. The second-order valence-electron chi connectivity index (χ2n) is 3.75. The summed E-state index contributed by atoms with van der Waals surface area (Å²) in [4.78, 5) is 16.3. The molecule has 0 unspecified atom stereocenters. The molecule has 5 nitrogen and oxygen atoms in total. The van der Waals surface area contributed by atoms with Gasteiger partial charge in [0.25, 0.3) is 0 Å². The van der Waals surface area contributed by atoms with Crippen molar-refractivity contribution in [2.45, 2.75) is 6.54 Å². The van der Waals surface area contributed by atoms with Crippen LogP contribution in [-0.4, -0.2) is 34.3 Å². The Morgan fingerprint density at radius 3 is 2.79 bits per heavy atom. The molecule has 0 aliphatic carbocycles. The second-order valence-corrected chi connectivity index (χ2v) is 4.59. The maximum absolute atomic E-state index is 12.3. The lowest BCUT2D eigenvalue weighted by Crippen LogP contribution is -2.15. The van der Waals surface area contributed by atoms with Crippen LogP contribution in [-0.2, 0) is 11.3 Å². The largest absolute Gasteiger partial charge is 0.383 e. The number of halogens is 2. The van der Waals surface area contributed by atoms with Gasteiger partial charge < -0.3 is 4.74 Å². The zero-order valence-electron chi connectivity index (χ0n) is 10.1. The first kappa shape index (κ1) is 14.0. The summed E-state index contributed by atoms with van der Waals surface area (Å²) in [6, 6.07) is 3.15. The normalized spacial score (nSPS) is 10.7. The molecule has 0 saturated carbocycles. The molecule has 2 aromatic rings. The number of hydrogen-bond acceptors (Lipinski definition) is 4. The predicted octanol–water partition coefficient (Wildman–Crippen LogP) is 2.46. The third-order valence-electron chi connectivity index (χ3n) is 2.48. The number of pyridine rings is 1. The summed E-state index contributed by atoms with van der Waals surface area (Å²) in [5.74, 6) is -0.296. The van der Waals surface area contributed by atoms with Crippen molar-refractivity contribution in [1.29, 1.82) is 0 Å². The van der Waals surface area contributed by atoms with E-state index in [0.29, 0.717) is 23.9 Å². The molecule has 0 spiro atoms. The van der Waals surface area contributed by atoms with Gasteiger partial charge in [-0.15, -0.1) is 0 Å². The maximum atomic E-state index is 12.3. The highest BCUT2D eigenvalue weighted by Crippen LogP contribution is 2.19. The Balaban J connectivity index is 2.32. The van der Waals surface area contributed by atoms with Crippen LogP contribution < -0.4 is 0 Å².